The second kappa shape index (κ2) is 7.29. The average Bonchev–Trinajstić information content (AvgIpc) is 2.49. The van der Waals surface area contributed by atoms with Crippen molar-refractivity contribution in [2.75, 3.05) is 0 Å². The molecule has 1 fully saturated rings. The predicted molar refractivity (Wildman–Crippen MR) is 103 cm³/mol. The molecule has 1 heteroatoms. The highest BCUT2D eigenvalue weighted by molar-refractivity contribution is 5.74. The molecule has 1 nitrogen and oxygen atoms in total. The molecule has 0 aromatic heterocycles. The molecule has 0 aliphatic heterocycles. The van der Waals surface area contributed by atoms with Gasteiger partial charge in [0.1, 0.15) is 0 Å². The van der Waals surface area contributed by atoms with E-state index in [9.17, 15) is 0 Å². The Morgan fingerprint density at radius 3 is 2.57 bits per heavy atom. The number of hydrogen-bond acceptors (Lipinski definition) is 1. The number of allylic oxidation sites excluding steroid dienone is 2. The molecule has 0 spiro atoms. The van der Waals surface area contributed by atoms with Gasteiger partial charge in [-0.05, 0) is 75.0 Å². The fourth-order valence-electron chi connectivity index (χ4n) is 3.61. The summed E-state index contributed by atoms with van der Waals surface area (Å²) in [5.41, 5.74) is 6.95. The molecule has 1 aromatic carbocycles. The highest BCUT2D eigenvalue weighted by Gasteiger charge is 2.36. The van der Waals surface area contributed by atoms with Crippen LogP contribution >= 0.6 is 0 Å². The Morgan fingerprint density at radius 1 is 1.30 bits per heavy atom. The number of benzene rings is 1. The van der Waals surface area contributed by atoms with E-state index in [1.54, 1.807) is 0 Å². The maximum atomic E-state index is 4.50. The average molecular weight is 309 g/mol. The molecule has 1 saturated carbocycles. The lowest BCUT2D eigenvalue weighted by atomic mass is 9.62. The van der Waals surface area contributed by atoms with Crippen molar-refractivity contribution in [3.63, 3.8) is 0 Å². The topological polar surface area (TPSA) is 12.4 Å². The van der Waals surface area contributed by atoms with Gasteiger partial charge < -0.3 is 0 Å². The first-order chi connectivity index (χ1) is 10.9. The molecule has 124 valence electrons. The Balaban J connectivity index is 2.03. The summed E-state index contributed by atoms with van der Waals surface area (Å²) in [5, 5.41) is 0. The second-order valence-corrected chi connectivity index (χ2v) is 7.64. The molecule has 0 N–H and O–H groups in total. The molecular weight excluding hydrogens is 278 g/mol. The van der Waals surface area contributed by atoms with Crippen LogP contribution in [0.1, 0.15) is 63.6 Å². The first kappa shape index (κ1) is 17.7. The third kappa shape index (κ3) is 4.43. The Hall–Kier alpha value is -1.63. The fraction of sp³-hybridized carbons (Fsp3) is 0.500. The van der Waals surface area contributed by atoms with E-state index >= 15 is 0 Å². The minimum Gasteiger partial charge on any atom is -0.261 e. The molecule has 0 atom stereocenters. The van der Waals surface area contributed by atoms with Crippen LogP contribution in [0, 0.1) is 18.3 Å². The number of aryl methyl sites for hydroxylation is 2. The third-order valence-electron chi connectivity index (χ3n) is 5.03. The fourth-order valence-corrected chi connectivity index (χ4v) is 3.61. The summed E-state index contributed by atoms with van der Waals surface area (Å²) < 4.78 is 0. The van der Waals surface area contributed by atoms with Crippen molar-refractivity contribution >= 4 is 11.9 Å². The van der Waals surface area contributed by atoms with Gasteiger partial charge in [0.15, 0.2) is 0 Å². The van der Waals surface area contributed by atoms with Crippen molar-refractivity contribution in [2.45, 2.75) is 60.3 Å². The van der Waals surface area contributed by atoms with Crippen LogP contribution in [0.3, 0.4) is 0 Å². The highest BCUT2D eigenvalue weighted by atomic mass is 14.7. The van der Waals surface area contributed by atoms with Gasteiger partial charge in [0.25, 0.3) is 0 Å². The summed E-state index contributed by atoms with van der Waals surface area (Å²) in [6, 6.07) is 6.77. The van der Waals surface area contributed by atoms with Gasteiger partial charge in [0.05, 0.1) is 5.70 Å². The number of rotatable bonds is 6. The summed E-state index contributed by atoms with van der Waals surface area (Å²) in [4.78, 5) is 4.50. The summed E-state index contributed by atoms with van der Waals surface area (Å²) in [5.74, 6) is 0.741. The highest BCUT2D eigenvalue weighted by Crippen LogP contribution is 2.48. The van der Waals surface area contributed by atoms with Crippen molar-refractivity contribution in [1.82, 2.24) is 0 Å². The predicted octanol–water partition coefficient (Wildman–Crippen LogP) is 6.37. The van der Waals surface area contributed by atoms with E-state index in [1.807, 2.05) is 13.1 Å². The monoisotopic (exact) mass is 309 g/mol. The molecule has 0 unspecified atom stereocenters. The minimum atomic E-state index is 0.531. The van der Waals surface area contributed by atoms with Crippen LogP contribution in [-0.2, 0) is 6.42 Å². The maximum Gasteiger partial charge on any atom is 0.0658 e. The van der Waals surface area contributed by atoms with Gasteiger partial charge in [-0.2, -0.15) is 0 Å². The van der Waals surface area contributed by atoms with Crippen molar-refractivity contribution < 1.29 is 0 Å². The second-order valence-electron chi connectivity index (χ2n) is 7.64. The first-order valence-electron chi connectivity index (χ1n) is 8.79. The standard InChI is InChI=1S/C22H31N/c1-7-21(23-8-2)20-13-18(12-10-17(20)4)11-9-16(3)19-14-22(5,6)15-19/h7-8,10,12-13,19H,3,9,11,14-15H2,1-2,4-6H3/b21-7-,23-8?. The lowest BCUT2D eigenvalue weighted by molar-refractivity contribution is 0.121. The van der Waals surface area contributed by atoms with Gasteiger partial charge in [-0.1, -0.05) is 44.2 Å². The largest absolute Gasteiger partial charge is 0.261 e. The lowest BCUT2D eigenvalue weighted by Crippen LogP contribution is -2.32. The number of hydrogen-bond donors (Lipinski definition) is 0. The van der Waals surface area contributed by atoms with Gasteiger partial charge in [-0.25, -0.2) is 0 Å². The van der Waals surface area contributed by atoms with Crippen LogP contribution in [0.2, 0.25) is 0 Å². The van der Waals surface area contributed by atoms with Crippen LogP contribution in [0.25, 0.3) is 5.70 Å². The van der Waals surface area contributed by atoms with Crippen LogP contribution in [0.15, 0.2) is 41.4 Å². The molecule has 1 aromatic rings. The van der Waals surface area contributed by atoms with E-state index in [0.717, 1.165) is 24.5 Å². The molecule has 0 bridgehead atoms. The molecule has 1 aliphatic carbocycles. The SMILES string of the molecule is C=C(CCc1ccc(C)c(/C(=C/C)N=CC)c1)C1CC(C)(C)C1. The molecule has 1 aliphatic rings. The van der Waals surface area contributed by atoms with Crippen LogP contribution in [0.4, 0.5) is 0 Å². The van der Waals surface area contributed by atoms with Gasteiger partial charge in [0, 0.05) is 11.8 Å². The first-order valence-corrected chi connectivity index (χ1v) is 8.79. The van der Waals surface area contributed by atoms with Crippen molar-refractivity contribution in [3.05, 3.63) is 53.1 Å². The summed E-state index contributed by atoms with van der Waals surface area (Å²) in [6.07, 6.45) is 8.74. The lowest BCUT2D eigenvalue weighted by Gasteiger charge is -2.43. The molecule has 0 saturated heterocycles. The van der Waals surface area contributed by atoms with E-state index in [0.29, 0.717) is 5.41 Å². The quantitative estimate of drug-likeness (QED) is 0.427. The Morgan fingerprint density at radius 2 is 2.00 bits per heavy atom. The zero-order valence-corrected chi connectivity index (χ0v) is 15.4. The molecule has 0 radical (unpaired) electrons. The van der Waals surface area contributed by atoms with Crippen LogP contribution < -0.4 is 0 Å². The van der Waals surface area contributed by atoms with Gasteiger partial charge in [0.2, 0.25) is 0 Å². The van der Waals surface area contributed by atoms with E-state index in [4.69, 9.17) is 0 Å². The van der Waals surface area contributed by atoms with E-state index in [2.05, 4.69) is 63.5 Å². The van der Waals surface area contributed by atoms with Gasteiger partial charge in [-0.3, -0.25) is 4.99 Å². The van der Waals surface area contributed by atoms with E-state index in [1.165, 1.54) is 35.1 Å². The summed E-state index contributed by atoms with van der Waals surface area (Å²) in [7, 11) is 0. The Kier molecular flexibility index (Phi) is 5.62. The van der Waals surface area contributed by atoms with Crippen LogP contribution in [-0.4, -0.2) is 6.21 Å². The van der Waals surface area contributed by atoms with Gasteiger partial charge in [-0.15, -0.1) is 0 Å². The summed E-state index contributed by atoms with van der Waals surface area (Å²) in [6.45, 7) is 15.2. The van der Waals surface area contributed by atoms with Crippen molar-refractivity contribution in [2.24, 2.45) is 16.3 Å². The molecule has 23 heavy (non-hydrogen) atoms. The third-order valence-corrected chi connectivity index (χ3v) is 5.03. The van der Waals surface area contributed by atoms with E-state index in [-0.39, 0.29) is 0 Å². The molecular formula is C22H31N. The Bertz CT molecular complexity index is 623. The minimum absolute atomic E-state index is 0.531. The molecule has 0 heterocycles. The Labute approximate surface area is 142 Å². The van der Waals surface area contributed by atoms with E-state index < -0.39 is 0 Å². The zero-order valence-electron chi connectivity index (χ0n) is 15.4. The van der Waals surface area contributed by atoms with Gasteiger partial charge >= 0.3 is 0 Å². The smallest absolute Gasteiger partial charge is 0.0658 e. The number of nitrogens with zero attached hydrogens (tertiary/aromatic N) is 1. The number of aliphatic imine (C=N–C) groups is 1. The summed E-state index contributed by atoms with van der Waals surface area (Å²) >= 11 is 0. The van der Waals surface area contributed by atoms with Crippen LogP contribution in [0.5, 0.6) is 0 Å². The normalized spacial score (nSPS) is 18.2. The van der Waals surface area contributed by atoms with Crippen molar-refractivity contribution in [3.8, 4) is 0 Å². The maximum absolute atomic E-state index is 4.50. The molecule has 0 amide bonds. The van der Waals surface area contributed by atoms with Crippen molar-refractivity contribution in [1.29, 1.82) is 0 Å². The zero-order chi connectivity index (χ0) is 17.0. The molecule has 2 rings (SSSR count).